The number of hydrogen-bond acceptors (Lipinski definition) is 5. The lowest BCUT2D eigenvalue weighted by Crippen LogP contribution is -2.22. The monoisotopic (exact) mass is 359 g/mol. The van der Waals surface area contributed by atoms with Gasteiger partial charge < -0.3 is 5.32 Å². The van der Waals surface area contributed by atoms with E-state index in [1.807, 2.05) is 6.07 Å². The summed E-state index contributed by atoms with van der Waals surface area (Å²) in [7, 11) is 0. The van der Waals surface area contributed by atoms with Crippen molar-refractivity contribution in [2.45, 2.75) is 31.7 Å². The van der Waals surface area contributed by atoms with Crippen molar-refractivity contribution in [3.8, 4) is 0 Å². The van der Waals surface area contributed by atoms with Gasteiger partial charge in [0.1, 0.15) is 0 Å². The maximum Gasteiger partial charge on any atom is 0.283 e. The first-order valence-corrected chi connectivity index (χ1v) is 9.04. The van der Waals surface area contributed by atoms with Gasteiger partial charge in [-0.1, -0.05) is 19.9 Å². The highest BCUT2D eigenvalue weighted by atomic mass is 32.2. The average Bonchev–Trinajstić information content (AvgIpc) is 2.60. The van der Waals surface area contributed by atoms with Gasteiger partial charge in [0.25, 0.3) is 11.6 Å². The van der Waals surface area contributed by atoms with Gasteiger partial charge in [-0.2, -0.15) is 0 Å². The predicted molar refractivity (Wildman–Crippen MR) is 98.7 cm³/mol. The number of nitro benzene ring substituents is 1. The standard InChI is InChI=1S/C18H21N3O3S/c1-13(2)7-9-25-17-6-5-15(10-16(17)21(23)24)18(22)20-12-14-4-3-8-19-11-14/h3-6,8,10-11,13H,7,9,12H2,1-2H3,(H,20,22). The second-order valence-corrected chi connectivity index (χ2v) is 7.15. The summed E-state index contributed by atoms with van der Waals surface area (Å²) in [6.07, 6.45) is 4.30. The Labute approximate surface area is 151 Å². The molecule has 0 aliphatic heterocycles. The van der Waals surface area contributed by atoms with Crippen LogP contribution in [0.15, 0.2) is 47.6 Å². The fourth-order valence-electron chi connectivity index (χ4n) is 2.12. The largest absolute Gasteiger partial charge is 0.348 e. The summed E-state index contributed by atoms with van der Waals surface area (Å²) in [6.45, 7) is 4.56. The molecule has 25 heavy (non-hydrogen) atoms. The molecule has 0 radical (unpaired) electrons. The van der Waals surface area contributed by atoms with Gasteiger partial charge in [0.05, 0.1) is 9.82 Å². The maximum absolute atomic E-state index is 12.2. The molecule has 0 bridgehead atoms. The number of thioether (sulfide) groups is 1. The number of amides is 1. The van der Waals surface area contributed by atoms with E-state index in [1.54, 1.807) is 30.6 Å². The minimum absolute atomic E-state index is 0.0252. The summed E-state index contributed by atoms with van der Waals surface area (Å²) in [4.78, 5) is 27.7. The number of pyridine rings is 1. The van der Waals surface area contributed by atoms with Gasteiger partial charge in [-0.05, 0) is 41.9 Å². The van der Waals surface area contributed by atoms with Gasteiger partial charge in [0.2, 0.25) is 0 Å². The minimum Gasteiger partial charge on any atom is -0.348 e. The lowest BCUT2D eigenvalue weighted by atomic mass is 10.2. The van der Waals surface area contributed by atoms with Crippen molar-refractivity contribution >= 4 is 23.4 Å². The second kappa shape index (κ2) is 9.17. The van der Waals surface area contributed by atoms with E-state index < -0.39 is 4.92 Å². The van der Waals surface area contributed by atoms with Crippen LogP contribution in [0.3, 0.4) is 0 Å². The molecular weight excluding hydrogens is 338 g/mol. The fraction of sp³-hybridized carbons (Fsp3) is 0.333. The Hall–Kier alpha value is -2.41. The predicted octanol–water partition coefficient (Wildman–Crippen LogP) is 4.06. The van der Waals surface area contributed by atoms with Crippen LogP contribution in [-0.4, -0.2) is 21.6 Å². The SMILES string of the molecule is CC(C)CCSc1ccc(C(=O)NCc2cccnc2)cc1[N+](=O)[O-]. The minimum atomic E-state index is -0.435. The molecule has 0 atom stereocenters. The number of nitrogens with zero attached hydrogens (tertiary/aromatic N) is 2. The van der Waals surface area contributed by atoms with Crippen LogP contribution < -0.4 is 5.32 Å². The molecule has 2 rings (SSSR count). The molecule has 0 unspecified atom stereocenters. The molecule has 1 aromatic carbocycles. The Kier molecular flexibility index (Phi) is 6.94. The molecule has 132 valence electrons. The topological polar surface area (TPSA) is 85.1 Å². The van der Waals surface area contributed by atoms with E-state index in [4.69, 9.17) is 0 Å². The molecule has 0 saturated heterocycles. The molecule has 1 amide bonds. The van der Waals surface area contributed by atoms with Crippen LogP contribution in [0.1, 0.15) is 36.2 Å². The lowest BCUT2D eigenvalue weighted by molar-refractivity contribution is -0.387. The molecule has 0 aliphatic rings. The summed E-state index contributed by atoms with van der Waals surface area (Å²) in [6, 6.07) is 8.27. The van der Waals surface area contributed by atoms with Crippen LogP contribution in [0.5, 0.6) is 0 Å². The van der Waals surface area contributed by atoms with E-state index in [-0.39, 0.29) is 17.2 Å². The number of nitrogens with one attached hydrogen (secondary N) is 1. The molecule has 2 aromatic rings. The Bertz CT molecular complexity index is 736. The van der Waals surface area contributed by atoms with E-state index in [0.717, 1.165) is 17.7 Å². The number of nitro groups is 1. The van der Waals surface area contributed by atoms with Crippen LogP contribution in [0.25, 0.3) is 0 Å². The molecule has 1 N–H and O–H groups in total. The van der Waals surface area contributed by atoms with Crippen molar-refractivity contribution in [3.05, 3.63) is 64.0 Å². The maximum atomic E-state index is 12.2. The highest BCUT2D eigenvalue weighted by Gasteiger charge is 2.18. The van der Waals surface area contributed by atoms with E-state index in [9.17, 15) is 14.9 Å². The molecule has 6 nitrogen and oxygen atoms in total. The van der Waals surface area contributed by atoms with Crippen molar-refractivity contribution in [2.75, 3.05) is 5.75 Å². The first-order valence-electron chi connectivity index (χ1n) is 8.05. The Morgan fingerprint density at radius 3 is 2.80 bits per heavy atom. The Morgan fingerprint density at radius 1 is 1.36 bits per heavy atom. The summed E-state index contributed by atoms with van der Waals surface area (Å²) in [5.41, 5.74) is 1.12. The molecule has 0 aliphatic carbocycles. The van der Waals surface area contributed by atoms with Gasteiger partial charge in [0, 0.05) is 30.6 Å². The third-order valence-electron chi connectivity index (χ3n) is 3.55. The van der Waals surface area contributed by atoms with Crippen molar-refractivity contribution in [3.63, 3.8) is 0 Å². The van der Waals surface area contributed by atoms with Crippen LogP contribution >= 0.6 is 11.8 Å². The smallest absolute Gasteiger partial charge is 0.283 e. The van der Waals surface area contributed by atoms with Crippen molar-refractivity contribution in [1.29, 1.82) is 0 Å². The van der Waals surface area contributed by atoms with Crippen LogP contribution in [0.4, 0.5) is 5.69 Å². The summed E-state index contributed by atoms with van der Waals surface area (Å²) in [5.74, 6) is 1.01. The van der Waals surface area contributed by atoms with E-state index in [0.29, 0.717) is 17.4 Å². The lowest BCUT2D eigenvalue weighted by Gasteiger charge is -2.08. The Morgan fingerprint density at radius 2 is 2.16 bits per heavy atom. The average molecular weight is 359 g/mol. The Balaban J connectivity index is 2.06. The summed E-state index contributed by atoms with van der Waals surface area (Å²) >= 11 is 1.45. The molecular formula is C18H21N3O3S. The molecule has 0 saturated carbocycles. The third-order valence-corrected chi connectivity index (χ3v) is 4.64. The van der Waals surface area contributed by atoms with Gasteiger partial charge in [-0.15, -0.1) is 11.8 Å². The van der Waals surface area contributed by atoms with E-state index >= 15 is 0 Å². The molecule has 1 aromatic heterocycles. The second-order valence-electron chi connectivity index (χ2n) is 6.01. The first-order chi connectivity index (χ1) is 12.0. The molecule has 1 heterocycles. The highest BCUT2D eigenvalue weighted by Crippen LogP contribution is 2.31. The van der Waals surface area contributed by atoms with Crippen LogP contribution in [0, 0.1) is 16.0 Å². The quantitative estimate of drug-likeness (QED) is 0.436. The number of carbonyl (C=O) groups excluding carboxylic acids is 1. The van der Waals surface area contributed by atoms with Crippen LogP contribution in [-0.2, 0) is 6.54 Å². The van der Waals surface area contributed by atoms with E-state index in [1.165, 1.54) is 17.8 Å². The van der Waals surface area contributed by atoms with Crippen molar-refractivity contribution < 1.29 is 9.72 Å². The zero-order valence-corrected chi connectivity index (χ0v) is 15.1. The molecule has 0 spiro atoms. The zero-order valence-electron chi connectivity index (χ0n) is 14.3. The molecule has 7 heteroatoms. The number of aromatic nitrogens is 1. The summed E-state index contributed by atoms with van der Waals surface area (Å²) in [5, 5.41) is 14.1. The van der Waals surface area contributed by atoms with Gasteiger partial charge in [-0.3, -0.25) is 19.9 Å². The normalized spacial score (nSPS) is 10.7. The third kappa shape index (κ3) is 5.86. The number of hydrogen-bond donors (Lipinski definition) is 1. The number of benzene rings is 1. The van der Waals surface area contributed by atoms with Crippen molar-refractivity contribution in [1.82, 2.24) is 10.3 Å². The van der Waals surface area contributed by atoms with Crippen LogP contribution in [0.2, 0.25) is 0 Å². The number of carbonyl (C=O) groups is 1. The van der Waals surface area contributed by atoms with Gasteiger partial charge in [0.15, 0.2) is 0 Å². The number of rotatable bonds is 8. The summed E-state index contributed by atoms with van der Waals surface area (Å²) < 4.78 is 0. The van der Waals surface area contributed by atoms with Gasteiger partial charge in [-0.25, -0.2) is 0 Å². The fourth-order valence-corrected chi connectivity index (χ4v) is 3.37. The first kappa shape index (κ1) is 18.9. The van der Waals surface area contributed by atoms with Crippen molar-refractivity contribution in [2.24, 2.45) is 5.92 Å². The van der Waals surface area contributed by atoms with E-state index in [2.05, 4.69) is 24.1 Å². The zero-order chi connectivity index (χ0) is 18.2. The highest BCUT2D eigenvalue weighted by molar-refractivity contribution is 7.99. The van der Waals surface area contributed by atoms with Gasteiger partial charge >= 0.3 is 0 Å². The molecule has 0 fully saturated rings.